The molecule has 1 unspecified atom stereocenters. The Labute approximate surface area is 127 Å². The smallest absolute Gasteiger partial charge is 0.103 e. The van der Waals surface area contributed by atoms with Crippen LogP contribution in [0.2, 0.25) is 0 Å². The minimum absolute atomic E-state index is 0.0393. The van der Waals surface area contributed by atoms with Gasteiger partial charge in [0.2, 0.25) is 0 Å². The molecule has 2 rings (SSSR count). The van der Waals surface area contributed by atoms with Crippen molar-refractivity contribution in [3.05, 3.63) is 41.2 Å². The van der Waals surface area contributed by atoms with Gasteiger partial charge in [0.1, 0.15) is 5.69 Å². The summed E-state index contributed by atoms with van der Waals surface area (Å²) in [6, 6.07) is 8.50. The van der Waals surface area contributed by atoms with Crippen LogP contribution in [0.3, 0.4) is 0 Å². The fraction of sp³-hybridized carbons (Fsp3) is 0.529. The summed E-state index contributed by atoms with van der Waals surface area (Å²) in [6.45, 7) is 10.8. The molecule has 0 spiro atoms. The lowest BCUT2D eigenvalue weighted by atomic mass is 9.87. The molecule has 1 heterocycles. The first-order valence-electron chi connectivity index (χ1n) is 7.69. The van der Waals surface area contributed by atoms with Crippen molar-refractivity contribution < 1.29 is 0 Å². The van der Waals surface area contributed by atoms with E-state index < -0.39 is 0 Å². The molecule has 4 nitrogen and oxygen atoms in total. The highest BCUT2D eigenvalue weighted by Gasteiger charge is 2.18. The van der Waals surface area contributed by atoms with Gasteiger partial charge < -0.3 is 5.73 Å². The monoisotopic (exact) mass is 286 g/mol. The highest BCUT2D eigenvalue weighted by molar-refractivity contribution is 5.38. The maximum Gasteiger partial charge on any atom is 0.103 e. The molecule has 2 aromatic rings. The van der Waals surface area contributed by atoms with E-state index in [0.29, 0.717) is 0 Å². The van der Waals surface area contributed by atoms with Crippen molar-refractivity contribution in [3.8, 4) is 5.69 Å². The molecule has 0 radical (unpaired) electrons. The van der Waals surface area contributed by atoms with Gasteiger partial charge in [-0.1, -0.05) is 52.0 Å². The summed E-state index contributed by atoms with van der Waals surface area (Å²) in [6.07, 6.45) is 1.74. The van der Waals surface area contributed by atoms with Crippen LogP contribution in [0.15, 0.2) is 24.3 Å². The molecule has 2 N–H and O–H groups in total. The summed E-state index contributed by atoms with van der Waals surface area (Å²) in [7, 11) is 0. The quantitative estimate of drug-likeness (QED) is 0.935. The van der Waals surface area contributed by atoms with Gasteiger partial charge in [0.15, 0.2) is 0 Å². The molecule has 0 amide bonds. The van der Waals surface area contributed by atoms with Crippen LogP contribution < -0.4 is 5.73 Å². The van der Waals surface area contributed by atoms with Gasteiger partial charge in [0, 0.05) is 0 Å². The van der Waals surface area contributed by atoms with Gasteiger partial charge in [-0.15, -0.1) is 5.10 Å². The number of nitrogens with two attached hydrogens (primary N) is 1. The lowest BCUT2D eigenvalue weighted by Crippen LogP contribution is -2.13. The topological polar surface area (TPSA) is 56.7 Å². The van der Waals surface area contributed by atoms with E-state index in [1.807, 2.05) is 4.68 Å². The van der Waals surface area contributed by atoms with E-state index in [4.69, 9.17) is 5.73 Å². The molecular formula is C17H26N4. The van der Waals surface area contributed by atoms with Crippen LogP contribution in [0.5, 0.6) is 0 Å². The van der Waals surface area contributed by atoms with Gasteiger partial charge in [0.25, 0.3) is 0 Å². The van der Waals surface area contributed by atoms with Gasteiger partial charge in [-0.25, -0.2) is 4.68 Å². The predicted octanol–water partition coefficient (Wildman–Crippen LogP) is 3.54. The average Bonchev–Trinajstić information content (AvgIpc) is 2.89. The van der Waals surface area contributed by atoms with Crippen molar-refractivity contribution in [1.82, 2.24) is 15.0 Å². The number of hydrogen-bond acceptors (Lipinski definition) is 3. The maximum absolute atomic E-state index is 6.13. The molecule has 0 saturated heterocycles. The molecule has 4 heteroatoms. The first kappa shape index (κ1) is 15.7. The van der Waals surface area contributed by atoms with E-state index in [2.05, 4.69) is 69.2 Å². The van der Waals surface area contributed by atoms with Crippen LogP contribution >= 0.6 is 0 Å². The summed E-state index contributed by atoms with van der Waals surface area (Å²) in [5.41, 5.74) is 10.7. The summed E-state index contributed by atoms with van der Waals surface area (Å²) in [5, 5.41) is 8.60. The Morgan fingerprint density at radius 3 is 2.24 bits per heavy atom. The first-order valence-corrected chi connectivity index (χ1v) is 7.69. The Morgan fingerprint density at radius 1 is 1.14 bits per heavy atom. The second-order valence-electron chi connectivity index (χ2n) is 6.50. The number of aromatic nitrogens is 3. The summed E-state index contributed by atoms with van der Waals surface area (Å²) in [4.78, 5) is 0. The van der Waals surface area contributed by atoms with Crippen molar-refractivity contribution >= 4 is 0 Å². The van der Waals surface area contributed by atoms with E-state index in [-0.39, 0.29) is 11.5 Å². The van der Waals surface area contributed by atoms with E-state index >= 15 is 0 Å². The minimum atomic E-state index is -0.0393. The van der Waals surface area contributed by atoms with E-state index in [1.54, 1.807) is 0 Å². The Hall–Kier alpha value is -1.68. The van der Waals surface area contributed by atoms with Crippen LogP contribution in [0.25, 0.3) is 5.69 Å². The minimum Gasteiger partial charge on any atom is -0.323 e. The van der Waals surface area contributed by atoms with Crippen molar-refractivity contribution in [1.29, 1.82) is 0 Å². The van der Waals surface area contributed by atoms with E-state index in [0.717, 1.165) is 29.9 Å². The number of hydrogen-bond donors (Lipinski definition) is 1. The highest BCUT2D eigenvalue weighted by Crippen LogP contribution is 2.24. The third-order valence-electron chi connectivity index (χ3n) is 3.90. The van der Waals surface area contributed by atoms with Crippen molar-refractivity contribution in [2.24, 2.45) is 5.73 Å². The second-order valence-corrected chi connectivity index (χ2v) is 6.50. The summed E-state index contributed by atoms with van der Waals surface area (Å²) >= 11 is 0. The lowest BCUT2D eigenvalue weighted by Gasteiger charge is -2.19. The largest absolute Gasteiger partial charge is 0.323 e. The van der Waals surface area contributed by atoms with Gasteiger partial charge in [-0.05, 0) is 36.0 Å². The summed E-state index contributed by atoms with van der Waals surface area (Å²) in [5.74, 6) is 0. The molecule has 0 saturated carbocycles. The normalized spacial score (nSPS) is 13.4. The zero-order valence-corrected chi connectivity index (χ0v) is 13.7. The van der Waals surface area contributed by atoms with Gasteiger partial charge >= 0.3 is 0 Å². The summed E-state index contributed by atoms with van der Waals surface area (Å²) < 4.78 is 1.91. The van der Waals surface area contributed by atoms with Crippen LogP contribution in [-0.4, -0.2) is 15.0 Å². The average molecular weight is 286 g/mol. The maximum atomic E-state index is 6.13. The van der Waals surface area contributed by atoms with Crippen molar-refractivity contribution in [2.45, 2.75) is 58.9 Å². The zero-order chi connectivity index (χ0) is 15.6. The van der Waals surface area contributed by atoms with Crippen molar-refractivity contribution in [3.63, 3.8) is 0 Å². The molecule has 0 fully saturated rings. The standard InChI is InChI=1S/C17H26N4/c1-6-14(18)16-15(7-2)21(20-19-16)13-10-8-12(9-11-13)17(3,4)5/h8-11,14H,6-7,18H2,1-5H3. The molecule has 114 valence electrons. The SMILES string of the molecule is CCc1c(C(N)CC)nnn1-c1ccc(C(C)(C)C)cc1. The number of nitrogens with zero attached hydrogens (tertiary/aromatic N) is 3. The van der Waals surface area contributed by atoms with Crippen molar-refractivity contribution in [2.75, 3.05) is 0 Å². The Kier molecular flexibility index (Phi) is 4.47. The molecule has 0 aliphatic rings. The van der Waals surface area contributed by atoms with Crippen LogP contribution in [-0.2, 0) is 11.8 Å². The molecule has 0 bridgehead atoms. The van der Waals surface area contributed by atoms with Crippen LogP contribution in [0, 0.1) is 0 Å². The van der Waals surface area contributed by atoms with Crippen LogP contribution in [0.4, 0.5) is 0 Å². The highest BCUT2D eigenvalue weighted by atomic mass is 15.4. The Morgan fingerprint density at radius 2 is 1.76 bits per heavy atom. The zero-order valence-electron chi connectivity index (χ0n) is 13.7. The second kappa shape index (κ2) is 5.98. The van der Waals surface area contributed by atoms with Crippen LogP contribution in [0.1, 0.15) is 64.0 Å². The molecule has 0 aliphatic carbocycles. The first-order chi connectivity index (χ1) is 9.88. The number of rotatable bonds is 4. The molecule has 0 aliphatic heterocycles. The molecule has 21 heavy (non-hydrogen) atoms. The number of benzene rings is 1. The molecule has 1 aromatic carbocycles. The Bertz CT molecular complexity index is 590. The lowest BCUT2D eigenvalue weighted by molar-refractivity contribution is 0.590. The van der Waals surface area contributed by atoms with Gasteiger partial charge in [0.05, 0.1) is 17.4 Å². The molecule has 1 aromatic heterocycles. The third kappa shape index (κ3) is 3.16. The van der Waals surface area contributed by atoms with E-state index in [9.17, 15) is 0 Å². The van der Waals surface area contributed by atoms with Gasteiger partial charge in [-0.2, -0.15) is 0 Å². The van der Waals surface area contributed by atoms with E-state index in [1.165, 1.54) is 5.56 Å². The molecule has 1 atom stereocenters. The molecular weight excluding hydrogens is 260 g/mol. The fourth-order valence-electron chi connectivity index (χ4n) is 2.44. The third-order valence-corrected chi connectivity index (χ3v) is 3.90. The predicted molar refractivity (Wildman–Crippen MR) is 86.7 cm³/mol. The fourth-order valence-corrected chi connectivity index (χ4v) is 2.44. The Balaban J connectivity index is 2.41. The van der Waals surface area contributed by atoms with Gasteiger partial charge in [-0.3, -0.25) is 0 Å².